The molecule has 1 rings (SSSR count). The first kappa shape index (κ1) is 9.51. The van der Waals surface area contributed by atoms with Crippen molar-refractivity contribution in [1.82, 2.24) is 0 Å². The lowest BCUT2D eigenvalue weighted by Gasteiger charge is -1.79. The van der Waals surface area contributed by atoms with Crippen molar-refractivity contribution in [1.29, 1.82) is 5.26 Å². The Balaban J connectivity index is 3.51. The van der Waals surface area contributed by atoms with Crippen molar-refractivity contribution in [2.45, 2.75) is 13.8 Å². The average molecular weight is 188 g/mol. The van der Waals surface area contributed by atoms with Crippen LogP contribution >= 0.6 is 11.3 Å². The summed E-state index contributed by atoms with van der Waals surface area (Å²) >= 11 is 1.49. The maximum absolute atomic E-state index is 8.65. The minimum Gasteiger partial charge on any atom is -0.241 e. The zero-order valence-corrected chi connectivity index (χ0v) is 8.27. The molecule has 1 aromatic heterocycles. The molecule has 0 bridgehead atoms. The molecule has 0 unspecified atom stereocenters. The van der Waals surface area contributed by atoms with Gasteiger partial charge in [-0.25, -0.2) is 4.85 Å². The molecule has 0 saturated carbocycles. The Morgan fingerprint density at radius 1 is 1.46 bits per heavy atom. The third-order valence-electron chi connectivity index (χ3n) is 1.67. The second-order valence-corrected chi connectivity index (χ2v) is 3.68. The van der Waals surface area contributed by atoms with Crippen LogP contribution in [-0.4, -0.2) is 0 Å². The van der Waals surface area contributed by atoms with Gasteiger partial charge in [-0.15, -0.1) is 11.3 Å². The van der Waals surface area contributed by atoms with Crippen molar-refractivity contribution in [3.8, 4) is 6.07 Å². The molecule has 13 heavy (non-hydrogen) atoms. The van der Waals surface area contributed by atoms with Gasteiger partial charge in [0.2, 0.25) is 0 Å². The standard InChI is InChI=1S/C10H8N2S/c1-7(6-11)9-4-5-10(13-9)8(2)12-3/h4-5H,1-2H3/b9-7-,10-8-. The highest BCUT2D eigenvalue weighted by Crippen LogP contribution is 1.94. The lowest BCUT2D eigenvalue weighted by Crippen LogP contribution is -1.96. The Kier molecular flexibility index (Phi) is 2.84. The lowest BCUT2D eigenvalue weighted by molar-refractivity contribution is 1.52. The van der Waals surface area contributed by atoms with E-state index in [2.05, 4.69) is 10.9 Å². The Bertz CT molecular complexity index is 462. The summed E-state index contributed by atoms with van der Waals surface area (Å²) < 4.78 is 1.89. The second-order valence-electron chi connectivity index (χ2n) is 2.60. The summed E-state index contributed by atoms with van der Waals surface area (Å²) in [5.41, 5.74) is 1.39. The number of nitrogens with zero attached hydrogens (tertiary/aromatic N) is 2. The largest absolute Gasteiger partial charge is 0.241 e. The van der Waals surface area contributed by atoms with Gasteiger partial charge in [-0.3, -0.25) is 0 Å². The van der Waals surface area contributed by atoms with Gasteiger partial charge in [0.15, 0.2) is 5.70 Å². The molecule has 0 aliphatic carbocycles. The minimum atomic E-state index is 0.682. The van der Waals surface area contributed by atoms with Crippen LogP contribution in [-0.2, 0) is 0 Å². The number of nitriles is 1. The zero-order valence-electron chi connectivity index (χ0n) is 7.46. The summed E-state index contributed by atoms with van der Waals surface area (Å²) in [5.74, 6) is 0. The van der Waals surface area contributed by atoms with Crippen molar-refractivity contribution in [2.75, 3.05) is 0 Å². The summed E-state index contributed by atoms with van der Waals surface area (Å²) in [7, 11) is 0. The summed E-state index contributed by atoms with van der Waals surface area (Å²) in [6, 6.07) is 5.86. The molecule has 1 aromatic rings. The normalized spacial score (nSPS) is 14.2. The second kappa shape index (κ2) is 3.89. The van der Waals surface area contributed by atoms with Crippen molar-refractivity contribution in [3.05, 3.63) is 32.6 Å². The van der Waals surface area contributed by atoms with Gasteiger partial charge in [-0.2, -0.15) is 5.26 Å². The Morgan fingerprint density at radius 3 is 2.62 bits per heavy atom. The zero-order chi connectivity index (χ0) is 9.84. The molecule has 0 aliphatic heterocycles. The molecule has 0 atom stereocenters. The van der Waals surface area contributed by atoms with Gasteiger partial charge < -0.3 is 0 Å². The van der Waals surface area contributed by atoms with E-state index in [0.717, 1.165) is 9.06 Å². The number of thiophene rings is 1. The van der Waals surface area contributed by atoms with E-state index in [9.17, 15) is 0 Å². The van der Waals surface area contributed by atoms with Crippen molar-refractivity contribution in [2.24, 2.45) is 0 Å². The molecule has 0 saturated heterocycles. The fourth-order valence-corrected chi connectivity index (χ4v) is 1.75. The highest BCUT2D eigenvalue weighted by atomic mass is 32.1. The number of hydrogen-bond donors (Lipinski definition) is 0. The lowest BCUT2D eigenvalue weighted by atomic mass is 10.3. The molecule has 64 valence electrons. The molecule has 0 radical (unpaired) electrons. The van der Waals surface area contributed by atoms with Gasteiger partial charge >= 0.3 is 0 Å². The molecule has 0 fully saturated rings. The molecule has 2 nitrogen and oxygen atoms in total. The monoisotopic (exact) mass is 188 g/mol. The predicted octanol–water partition coefficient (Wildman–Crippen LogP) is 1.49. The molecule has 1 heterocycles. The first-order chi connectivity index (χ1) is 6.19. The van der Waals surface area contributed by atoms with Crippen LogP contribution in [0.5, 0.6) is 0 Å². The summed E-state index contributed by atoms with van der Waals surface area (Å²) in [4.78, 5) is 3.34. The maximum atomic E-state index is 8.65. The van der Waals surface area contributed by atoms with Gasteiger partial charge in [0.1, 0.15) is 0 Å². The highest BCUT2D eigenvalue weighted by molar-refractivity contribution is 7.07. The third kappa shape index (κ3) is 1.96. The van der Waals surface area contributed by atoms with Gasteiger partial charge in [-0.05, 0) is 19.9 Å². The smallest absolute Gasteiger partial charge is 0.179 e. The van der Waals surface area contributed by atoms with E-state index in [4.69, 9.17) is 11.8 Å². The molecule has 0 aliphatic rings. The average Bonchev–Trinajstić information content (AvgIpc) is 2.64. The van der Waals surface area contributed by atoms with Gasteiger partial charge in [0, 0.05) is 14.6 Å². The summed E-state index contributed by atoms with van der Waals surface area (Å²) in [6.07, 6.45) is 0. The van der Waals surface area contributed by atoms with Crippen LogP contribution in [0.3, 0.4) is 0 Å². The molecule has 0 spiro atoms. The van der Waals surface area contributed by atoms with Gasteiger partial charge in [0.25, 0.3) is 0 Å². The van der Waals surface area contributed by atoms with Crippen LogP contribution < -0.4 is 9.06 Å². The molecular formula is C10H8N2S. The Hall–Kier alpha value is -1.58. The van der Waals surface area contributed by atoms with Crippen LogP contribution in [0, 0.1) is 17.9 Å². The molecule has 3 heteroatoms. The van der Waals surface area contributed by atoms with Crippen LogP contribution in [0.25, 0.3) is 16.1 Å². The van der Waals surface area contributed by atoms with Crippen LogP contribution in [0.1, 0.15) is 13.8 Å². The van der Waals surface area contributed by atoms with Crippen molar-refractivity contribution in [3.63, 3.8) is 0 Å². The maximum Gasteiger partial charge on any atom is 0.179 e. The highest BCUT2D eigenvalue weighted by Gasteiger charge is 1.93. The molecular weight excluding hydrogens is 180 g/mol. The minimum absolute atomic E-state index is 0.682. The fourth-order valence-electron chi connectivity index (χ4n) is 0.844. The van der Waals surface area contributed by atoms with E-state index in [1.807, 2.05) is 12.1 Å². The van der Waals surface area contributed by atoms with Crippen LogP contribution in [0.2, 0.25) is 0 Å². The first-order valence-electron chi connectivity index (χ1n) is 3.74. The number of hydrogen-bond acceptors (Lipinski definition) is 2. The van der Waals surface area contributed by atoms with E-state index < -0.39 is 0 Å². The SMILES string of the molecule is [C-]#[N+]/C(C)=c1/cc/c(=C(\C)C#N)s1. The molecule has 0 N–H and O–H groups in total. The fraction of sp³-hybridized carbons (Fsp3) is 0.200. The molecule has 0 aromatic carbocycles. The quantitative estimate of drug-likeness (QED) is 0.567. The molecule has 0 amide bonds. The van der Waals surface area contributed by atoms with Crippen LogP contribution in [0.4, 0.5) is 0 Å². The van der Waals surface area contributed by atoms with E-state index >= 15 is 0 Å². The van der Waals surface area contributed by atoms with E-state index in [1.54, 1.807) is 13.8 Å². The third-order valence-corrected chi connectivity index (χ3v) is 2.98. The van der Waals surface area contributed by atoms with E-state index in [-0.39, 0.29) is 0 Å². The van der Waals surface area contributed by atoms with Crippen molar-refractivity contribution >= 4 is 22.6 Å². The van der Waals surface area contributed by atoms with E-state index in [1.165, 1.54) is 11.3 Å². The topological polar surface area (TPSA) is 28.1 Å². The summed E-state index contributed by atoms with van der Waals surface area (Å²) in [6.45, 7) is 10.4. The predicted molar refractivity (Wildman–Crippen MR) is 53.9 cm³/mol. The summed E-state index contributed by atoms with van der Waals surface area (Å²) in [5, 5.41) is 8.65. The van der Waals surface area contributed by atoms with E-state index in [0.29, 0.717) is 11.3 Å². The Morgan fingerprint density at radius 2 is 2.08 bits per heavy atom. The Labute approximate surface area is 80.9 Å². The first-order valence-corrected chi connectivity index (χ1v) is 4.56. The van der Waals surface area contributed by atoms with Gasteiger partial charge in [-0.1, -0.05) is 6.07 Å². The van der Waals surface area contributed by atoms with Gasteiger partial charge in [0.05, 0.1) is 12.6 Å². The number of rotatable bonds is 0. The van der Waals surface area contributed by atoms with Crippen LogP contribution in [0.15, 0.2) is 12.1 Å². The van der Waals surface area contributed by atoms with Crippen molar-refractivity contribution < 1.29 is 0 Å².